The lowest BCUT2D eigenvalue weighted by Crippen LogP contribution is -2.38. The Balaban J connectivity index is 1.72. The van der Waals surface area contributed by atoms with Crippen LogP contribution in [-0.4, -0.2) is 37.6 Å². The number of carbonyl (C=O) groups is 1. The number of nitrogens with zero attached hydrogens (tertiary/aromatic N) is 3. The van der Waals surface area contributed by atoms with Gasteiger partial charge in [0.1, 0.15) is 18.2 Å². The number of rotatable bonds is 4. The van der Waals surface area contributed by atoms with Crippen molar-refractivity contribution in [3.05, 3.63) is 22.9 Å². The Bertz CT molecular complexity index is 671. The van der Waals surface area contributed by atoms with Crippen molar-refractivity contribution in [2.75, 3.05) is 5.32 Å². The third kappa shape index (κ3) is 2.42. The van der Waals surface area contributed by atoms with Gasteiger partial charge in [0.05, 0.1) is 0 Å². The lowest BCUT2D eigenvalue weighted by atomic mass is 10.3. The monoisotopic (exact) mass is 262 g/mol. The topological polar surface area (TPSA) is 104 Å². The van der Waals surface area contributed by atoms with Crippen LogP contribution < -0.4 is 16.3 Å². The van der Waals surface area contributed by atoms with Gasteiger partial charge >= 0.3 is 5.69 Å². The van der Waals surface area contributed by atoms with Crippen molar-refractivity contribution < 1.29 is 4.79 Å². The number of aromatic amines is 1. The maximum atomic E-state index is 11.8. The van der Waals surface area contributed by atoms with Gasteiger partial charge in [0, 0.05) is 12.1 Å². The fourth-order valence-electron chi connectivity index (χ4n) is 1.73. The summed E-state index contributed by atoms with van der Waals surface area (Å²) in [5.41, 5.74) is 0.117. The van der Waals surface area contributed by atoms with E-state index >= 15 is 0 Å². The second-order valence-corrected chi connectivity index (χ2v) is 4.68. The molecule has 0 spiro atoms. The number of amides is 1. The van der Waals surface area contributed by atoms with Crippen molar-refractivity contribution in [2.24, 2.45) is 0 Å². The number of aromatic nitrogens is 4. The van der Waals surface area contributed by atoms with Crippen molar-refractivity contribution in [3.63, 3.8) is 0 Å². The molecule has 100 valence electrons. The lowest BCUT2D eigenvalue weighted by Gasteiger charge is -2.14. The Labute approximate surface area is 108 Å². The SMILES string of the molecule is CC(Nc1cc2n[nH]c(=O)n2cn1)C(=O)NC1CC1. The van der Waals surface area contributed by atoms with E-state index in [1.54, 1.807) is 13.0 Å². The van der Waals surface area contributed by atoms with Gasteiger partial charge in [-0.3, -0.25) is 4.79 Å². The zero-order chi connectivity index (χ0) is 13.4. The minimum Gasteiger partial charge on any atom is -0.358 e. The van der Waals surface area contributed by atoms with Crippen LogP contribution in [0.25, 0.3) is 5.65 Å². The van der Waals surface area contributed by atoms with Crippen molar-refractivity contribution in [1.82, 2.24) is 24.9 Å². The molecule has 8 nitrogen and oxygen atoms in total. The predicted molar refractivity (Wildman–Crippen MR) is 67.9 cm³/mol. The smallest absolute Gasteiger partial charge is 0.348 e. The molecule has 19 heavy (non-hydrogen) atoms. The Morgan fingerprint density at radius 3 is 3.11 bits per heavy atom. The summed E-state index contributed by atoms with van der Waals surface area (Å²) in [6, 6.07) is 1.55. The minimum absolute atomic E-state index is 0.0522. The highest BCUT2D eigenvalue weighted by Crippen LogP contribution is 2.18. The predicted octanol–water partition coefficient (Wildman–Crippen LogP) is -0.503. The quantitative estimate of drug-likeness (QED) is 0.689. The summed E-state index contributed by atoms with van der Waals surface area (Å²) in [6.07, 6.45) is 3.48. The third-order valence-electron chi connectivity index (χ3n) is 2.99. The van der Waals surface area contributed by atoms with Crippen LogP contribution in [0.5, 0.6) is 0 Å². The first-order valence-corrected chi connectivity index (χ1v) is 6.13. The van der Waals surface area contributed by atoms with Crippen molar-refractivity contribution in [1.29, 1.82) is 0 Å². The number of fused-ring (bicyclic) bond motifs is 1. The molecular weight excluding hydrogens is 248 g/mol. The molecule has 1 amide bonds. The number of nitrogens with one attached hydrogen (secondary N) is 3. The number of H-pyrrole nitrogens is 1. The summed E-state index contributed by atoms with van der Waals surface area (Å²) in [7, 11) is 0. The van der Waals surface area contributed by atoms with E-state index in [1.165, 1.54) is 10.7 Å². The molecule has 3 N–H and O–H groups in total. The Morgan fingerprint density at radius 1 is 1.58 bits per heavy atom. The zero-order valence-corrected chi connectivity index (χ0v) is 10.4. The van der Waals surface area contributed by atoms with Crippen molar-refractivity contribution in [2.45, 2.75) is 31.8 Å². The van der Waals surface area contributed by atoms with E-state index < -0.39 is 0 Å². The normalized spacial score (nSPS) is 16.3. The number of hydrogen-bond donors (Lipinski definition) is 3. The summed E-state index contributed by atoms with van der Waals surface area (Å²) in [5, 5.41) is 12.1. The van der Waals surface area contributed by atoms with E-state index in [0.717, 1.165) is 12.8 Å². The van der Waals surface area contributed by atoms with E-state index in [4.69, 9.17) is 0 Å². The minimum atomic E-state index is -0.388. The third-order valence-corrected chi connectivity index (χ3v) is 2.99. The molecular formula is C11H14N6O2. The molecule has 1 fully saturated rings. The van der Waals surface area contributed by atoms with E-state index in [9.17, 15) is 9.59 Å². The Kier molecular flexibility index (Phi) is 2.69. The van der Waals surface area contributed by atoms with Crippen LogP contribution in [0.2, 0.25) is 0 Å². The van der Waals surface area contributed by atoms with Gasteiger partial charge in [0.15, 0.2) is 5.65 Å². The molecule has 1 unspecified atom stereocenters. The van der Waals surface area contributed by atoms with Crippen LogP contribution in [-0.2, 0) is 4.79 Å². The molecule has 0 aliphatic heterocycles. The summed E-state index contributed by atoms with van der Waals surface area (Å²) in [4.78, 5) is 27.1. The fourth-order valence-corrected chi connectivity index (χ4v) is 1.73. The molecule has 2 aromatic rings. The van der Waals surface area contributed by atoms with Gasteiger partial charge in [0.2, 0.25) is 5.91 Å². The van der Waals surface area contributed by atoms with Crippen LogP contribution in [0.1, 0.15) is 19.8 Å². The molecule has 0 saturated heterocycles. The molecule has 1 aliphatic carbocycles. The average Bonchev–Trinajstić information content (AvgIpc) is 3.13. The van der Waals surface area contributed by atoms with E-state index in [-0.39, 0.29) is 17.6 Å². The lowest BCUT2D eigenvalue weighted by molar-refractivity contribution is -0.121. The van der Waals surface area contributed by atoms with Gasteiger partial charge in [-0.1, -0.05) is 0 Å². The van der Waals surface area contributed by atoms with Gasteiger partial charge in [-0.2, -0.15) is 5.10 Å². The average molecular weight is 262 g/mol. The number of carbonyl (C=O) groups excluding carboxylic acids is 1. The first-order valence-electron chi connectivity index (χ1n) is 6.13. The van der Waals surface area contributed by atoms with Gasteiger partial charge in [-0.15, -0.1) is 0 Å². The molecule has 1 saturated carbocycles. The van der Waals surface area contributed by atoms with Gasteiger partial charge < -0.3 is 10.6 Å². The summed E-state index contributed by atoms with van der Waals surface area (Å²) < 4.78 is 1.29. The maximum absolute atomic E-state index is 11.8. The molecule has 0 aromatic carbocycles. The highest BCUT2D eigenvalue weighted by molar-refractivity contribution is 5.84. The molecule has 8 heteroatoms. The van der Waals surface area contributed by atoms with E-state index in [1.807, 2.05) is 0 Å². The van der Waals surface area contributed by atoms with Crippen LogP contribution >= 0.6 is 0 Å². The molecule has 3 rings (SSSR count). The molecule has 1 aliphatic rings. The standard InChI is InChI=1S/C11H14N6O2/c1-6(10(18)14-7-2-3-7)13-8-4-9-15-16-11(19)17(9)5-12-8/h4-7,13H,2-3H2,1H3,(H,14,18)(H,16,19). The summed E-state index contributed by atoms with van der Waals surface area (Å²) in [5.74, 6) is 0.452. The second-order valence-electron chi connectivity index (χ2n) is 4.68. The van der Waals surface area contributed by atoms with Gasteiger partial charge in [-0.25, -0.2) is 19.3 Å². The fraction of sp³-hybridized carbons (Fsp3) is 0.455. The molecule has 2 heterocycles. The molecule has 1 atom stereocenters. The summed E-state index contributed by atoms with van der Waals surface area (Å²) >= 11 is 0. The highest BCUT2D eigenvalue weighted by atomic mass is 16.2. The van der Waals surface area contributed by atoms with Crippen molar-refractivity contribution >= 4 is 17.4 Å². The molecule has 0 radical (unpaired) electrons. The number of hydrogen-bond acceptors (Lipinski definition) is 5. The van der Waals surface area contributed by atoms with E-state index in [0.29, 0.717) is 17.5 Å². The Hall–Kier alpha value is -2.38. The Morgan fingerprint density at radius 2 is 2.37 bits per heavy atom. The van der Waals surface area contributed by atoms with Crippen LogP contribution in [0, 0.1) is 0 Å². The molecule has 0 bridgehead atoms. The van der Waals surface area contributed by atoms with Gasteiger partial charge in [0.25, 0.3) is 0 Å². The molecule has 2 aromatic heterocycles. The highest BCUT2D eigenvalue weighted by Gasteiger charge is 2.25. The van der Waals surface area contributed by atoms with E-state index in [2.05, 4.69) is 25.8 Å². The first kappa shape index (κ1) is 11.7. The second kappa shape index (κ2) is 4.38. The summed E-state index contributed by atoms with van der Waals surface area (Å²) in [6.45, 7) is 1.76. The van der Waals surface area contributed by atoms with Crippen LogP contribution in [0.15, 0.2) is 17.2 Å². The van der Waals surface area contributed by atoms with Crippen LogP contribution in [0.4, 0.5) is 5.82 Å². The van der Waals surface area contributed by atoms with Gasteiger partial charge in [-0.05, 0) is 19.8 Å². The van der Waals surface area contributed by atoms with Crippen molar-refractivity contribution in [3.8, 4) is 0 Å². The number of anilines is 1. The maximum Gasteiger partial charge on any atom is 0.348 e. The largest absolute Gasteiger partial charge is 0.358 e. The zero-order valence-electron chi connectivity index (χ0n) is 10.4. The first-order chi connectivity index (χ1) is 9.13. The van der Waals surface area contributed by atoms with Crippen LogP contribution in [0.3, 0.4) is 0 Å².